The molecule has 1 aliphatic heterocycles. The van der Waals surface area contributed by atoms with Crippen LogP contribution in [0.2, 0.25) is 0 Å². The van der Waals surface area contributed by atoms with Gasteiger partial charge < -0.3 is 9.62 Å². The summed E-state index contributed by atoms with van der Waals surface area (Å²) in [6.45, 7) is 2.06. The fourth-order valence-corrected chi connectivity index (χ4v) is 1.32. The van der Waals surface area contributed by atoms with Crippen molar-refractivity contribution in [1.29, 1.82) is 0 Å². The molecule has 1 aromatic heterocycles. The van der Waals surface area contributed by atoms with Gasteiger partial charge in [0.05, 0.1) is 0 Å². The topological polar surface area (TPSA) is 19.4 Å². The fraction of sp³-hybridized carbons (Fsp3) is 0.222. The minimum absolute atomic E-state index is 0.989. The van der Waals surface area contributed by atoms with Gasteiger partial charge in [0.2, 0.25) is 0 Å². The molecule has 2 heterocycles. The molecule has 4 heteroatoms. The summed E-state index contributed by atoms with van der Waals surface area (Å²) in [5, 5.41) is 0. The van der Waals surface area contributed by atoms with Crippen molar-refractivity contribution < 1.29 is 0 Å². The quantitative estimate of drug-likeness (QED) is 0.592. The van der Waals surface area contributed by atoms with E-state index in [4.69, 9.17) is 0 Å². The second kappa shape index (κ2) is 3.13. The highest BCUT2D eigenvalue weighted by Gasteiger charge is 2.16. The van der Waals surface area contributed by atoms with Gasteiger partial charge >= 0.3 is 7.55 Å². The molecule has 1 radical (unpaired) electrons. The SMILES string of the molecule is Cc1cccnc1N1[B]N(C)C=C1. The normalized spacial score (nSPS) is 14.9. The Morgan fingerprint density at radius 1 is 1.38 bits per heavy atom. The molecule has 0 bridgehead atoms. The predicted octanol–water partition coefficient (Wildman–Crippen LogP) is 1.15. The smallest absolute Gasteiger partial charge is 0.396 e. The van der Waals surface area contributed by atoms with Gasteiger partial charge in [-0.25, -0.2) is 4.98 Å². The first-order valence-electron chi connectivity index (χ1n) is 4.22. The summed E-state index contributed by atoms with van der Waals surface area (Å²) in [6.07, 6.45) is 5.80. The van der Waals surface area contributed by atoms with Gasteiger partial charge in [-0.15, -0.1) is 0 Å². The molecule has 0 fully saturated rings. The Morgan fingerprint density at radius 2 is 2.23 bits per heavy atom. The molecule has 0 amide bonds. The van der Waals surface area contributed by atoms with Gasteiger partial charge in [0.15, 0.2) is 0 Å². The van der Waals surface area contributed by atoms with E-state index in [0.717, 1.165) is 5.82 Å². The van der Waals surface area contributed by atoms with Crippen LogP contribution in [0.25, 0.3) is 0 Å². The largest absolute Gasteiger partial charge is 0.406 e. The Hall–Kier alpha value is -1.45. The molecule has 0 saturated heterocycles. The molecule has 1 aromatic rings. The van der Waals surface area contributed by atoms with E-state index in [2.05, 4.69) is 18.0 Å². The van der Waals surface area contributed by atoms with Crippen LogP contribution in [0.1, 0.15) is 5.56 Å². The average molecular weight is 172 g/mol. The van der Waals surface area contributed by atoms with E-state index in [1.165, 1.54) is 5.56 Å². The Bertz CT molecular complexity index is 337. The van der Waals surface area contributed by atoms with Crippen LogP contribution in [0, 0.1) is 6.92 Å². The lowest BCUT2D eigenvalue weighted by Crippen LogP contribution is -2.27. The summed E-state index contributed by atoms with van der Waals surface area (Å²) in [7, 11) is 3.99. The molecule has 0 unspecified atom stereocenters. The number of rotatable bonds is 1. The summed E-state index contributed by atoms with van der Waals surface area (Å²) in [5.74, 6) is 0.989. The number of hydrogen-bond donors (Lipinski definition) is 0. The molecule has 65 valence electrons. The van der Waals surface area contributed by atoms with Crippen LogP contribution in [-0.4, -0.2) is 24.4 Å². The second-order valence-electron chi connectivity index (χ2n) is 3.13. The zero-order valence-electron chi connectivity index (χ0n) is 7.81. The van der Waals surface area contributed by atoms with Crippen molar-refractivity contribution in [2.45, 2.75) is 6.92 Å². The molecule has 0 N–H and O–H groups in total. The molecule has 1 aliphatic rings. The van der Waals surface area contributed by atoms with Crippen LogP contribution < -0.4 is 4.81 Å². The Labute approximate surface area is 79.0 Å². The van der Waals surface area contributed by atoms with E-state index in [0.29, 0.717) is 0 Å². The van der Waals surface area contributed by atoms with E-state index >= 15 is 0 Å². The molecule has 0 atom stereocenters. The third-order valence-corrected chi connectivity index (χ3v) is 2.00. The lowest BCUT2D eigenvalue weighted by atomic mass is 10.1. The summed E-state index contributed by atoms with van der Waals surface area (Å²) in [5.41, 5.74) is 1.18. The van der Waals surface area contributed by atoms with Crippen LogP contribution in [0.4, 0.5) is 5.82 Å². The maximum Gasteiger partial charge on any atom is 0.396 e. The van der Waals surface area contributed by atoms with E-state index < -0.39 is 0 Å². The van der Waals surface area contributed by atoms with Crippen molar-refractivity contribution in [3.63, 3.8) is 0 Å². The summed E-state index contributed by atoms with van der Waals surface area (Å²) >= 11 is 0. The molecular weight excluding hydrogens is 161 g/mol. The number of nitrogens with zero attached hydrogens (tertiary/aromatic N) is 3. The lowest BCUT2D eigenvalue weighted by molar-refractivity contribution is 0.746. The van der Waals surface area contributed by atoms with Crippen molar-refractivity contribution in [2.75, 3.05) is 11.9 Å². The van der Waals surface area contributed by atoms with Crippen LogP contribution in [0.3, 0.4) is 0 Å². The minimum Gasteiger partial charge on any atom is -0.406 e. The third kappa shape index (κ3) is 1.52. The van der Waals surface area contributed by atoms with Gasteiger partial charge in [-0.2, -0.15) is 0 Å². The highest BCUT2D eigenvalue weighted by Crippen LogP contribution is 2.17. The summed E-state index contributed by atoms with van der Waals surface area (Å²) in [4.78, 5) is 8.31. The van der Waals surface area contributed by atoms with Gasteiger partial charge in [0.25, 0.3) is 0 Å². The minimum atomic E-state index is 0.989. The van der Waals surface area contributed by atoms with Crippen LogP contribution >= 0.6 is 0 Å². The highest BCUT2D eigenvalue weighted by atomic mass is 15.2. The van der Waals surface area contributed by atoms with Crippen molar-refractivity contribution in [3.8, 4) is 0 Å². The molecule has 0 aliphatic carbocycles. The Balaban J connectivity index is 2.27. The van der Waals surface area contributed by atoms with Crippen molar-refractivity contribution in [3.05, 3.63) is 36.3 Å². The second-order valence-corrected chi connectivity index (χ2v) is 3.13. The maximum absolute atomic E-state index is 4.31. The zero-order chi connectivity index (χ0) is 9.26. The summed E-state index contributed by atoms with van der Waals surface area (Å²) < 4.78 is 0. The van der Waals surface area contributed by atoms with Crippen LogP contribution in [0.15, 0.2) is 30.7 Å². The number of anilines is 1. The van der Waals surface area contributed by atoms with Gasteiger partial charge in [0.1, 0.15) is 5.82 Å². The standard InChI is InChI=1S/C9H11BN3/c1-8-4-3-5-11-9(8)13-7-6-12(2)10-13/h3-7H,1-2H3. The Morgan fingerprint density at radius 3 is 2.85 bits per heavy atom. The molecule has 2 rings (SSSR count). The molecule has 13 heavy (non-hydrogen) atoms. The number of aryl methyl sites for hydroxylation is 1. The van der Waals surface area contributed by atoms with E-state index in [1.54, 1.807) is 0 Å². The molecular formula is C9H11BN3. The third-order valence-electron chi connectivity index (χ3n) is 2.00. The molecule has 3 nitrogen and oxygen atoms in total. The van der Waals surface area contributed by atoms with Crippen molar-refractivity contribution in [1.82, 2.24) is 9.79 Å². The fourth-order valence-electron chi connectivity index (χ4n) is 1.32. The van der Waals surface area contributed by atoms with Gasteiger partial charge in [-0.1, -0.05) is 6.07 Å². The highest BCUT2D eigenvalue weighted by molar-refractivity contribution is 6.40. The first-order valence-corrected chi connectivity index (χ1v) is 4.22. The summed E-state index contributed by atoms with van der Waals surface area (Å²) in [6, 6.07) is 4.00. The van der Waals surface area contributed by atoms with Crippen LogP contribution in [-0.2, 0) is 0 Å². The first-order chi connectivity index (χ1) is 6.27. The van der Waals surface area contributed by atoms with Gasteiger partial charge in [0, 0.05) is 18.6 Å². The molecule has 0 aromatic carbocycles. The van der Waals surface area contributed by atoms with Crippen LogP contribution in [0.5, 0.6) is 0 Å². The predicted molar refractivity (Wildman–Crippen MR) is 54.1 cm³/mol. The van der Waals surface area contributed by atoms with E-state index in [-0.39, 0.29) is 0 Å². The number of pyridine rings is 1. The average Bonchev–Trinajstić information content (AvgIpc) is 2.53. The van der Waals surface area contributed by atoms with Gasteiger partial charge in [-0.3, -0.25) is 0 Å². The first kappa shape index (κ1) is 8.17. The maximum atomic E-state index is 4.31. The zero-order valence-corrected chi connectivity index (χ0v) is 7.81. The molecule has 0 spiro atoms. The Kier molecular flexibility index (Phi) is 1.96. The van der Waals surface area contributed by atoms with Crippen molar-refractivity contribution in [2.24, 2.45) is 0 Å². The van der Waals surface area contributed by atoms with Crippen molar-refractivity contribution >= 4 is 13.4 Å². The monoisotopic (exact) mass is 172 g/mol. The number of aromatic nitrogens is 1. The molecule has 0 saturated carbocycles. The van der Waals surface area contributed by atoms with Gasteiger partial charge in [-0.05, 0) is 25.6 Å². The van der Waals surface area contributed by atoms with E-state index in [9.17, 15) is 0 Å². The number of hydrogen-bond acceptors (Lipinski definition) is 3. The van der Waals surface area contributed by atoms with E-state index in [1.807, 2.05) is 48.9 Å². The lowest BCUT2D eigenvalue weighted by Gasteiger charge is -2.16.